The summed E-state index contributed by atoms with van der Waals surface area (Å²) in [6.07, 6.45) is 0. The van der Waals surface area contributed by atoms with Crippen molar-refractivity contribution in [1.82, 2.24) is 15.6 Å². The Balaban J connectivity index is 1.42. The highest BCUT2D eigenvalue weighted by Gasteiger charge is 2.02. The van der Waals surface area contributed by atoms with Gasteiger partial charge < -0.3 is 20.4 Å². The number of aryl methyl sites for hydroxylation is 1. The van der Waals surface area contributed by atoms with Gasteiger partial charge in [-0.2, -0.15) is 0 Å². The zero-order valence-corrected chi connectivity index (χ0v) is 14.7. The molecule has 3 rings (SSSR count). The quantitative estimate of drug-likeness (QED) is 0.368. The van der Waals surface area contributed by atoms with Gasteiger partial charge in [-0.3, -0.25) is 4.99 Å². The Morgan fingerprint density at radius 1 is 1.08 bits per heavy atom. The Hall–Kier alpha value is -2.95. The van der Waals surface area contributed by atoms with Gasteiger partial charge in [0.2, 0.25) is 0 Å². The zero-order chi connectivity index (χ0) is 17.5. The van der Waals surface area contributed by atoms with Gasteiger partial charge in [0.1, 0.15) is 12.4 Å². The van der Waals surface area contributed by atoms with Crippen molar-refractivity contribution in [1.29, 1.82) is 0 Å². The van der Waals surface area contributed by atoms with Crippen LogP contribution in [0.5, 0.6) is 5.75 Å². The number of rotatable bonds is 6. The number of aliphatic imine (C=N–C) groups is 1. The molecule has 3 N–H and O–H groups in total. The van der Waals surface area contributed by atoms with Crippen molar-refractivity contribution in [2.24, 2.45) is 4.99 Å². The number of hydrogen-bond donors (Lipinski definition) is 3. The Bertz CT molecular complexity index is 803. The molecule has 0 fully saturated rings. The second-order valence-electron chi connectivity index (χ2n) is 5.90. The molecule has 25 heavy (non-hydrogen) atoms. The molecule has 5 nitrogen and oxygen atoms in total. The highest BCUT2D eigenvalue weighted by atomic mass is 16.5. The third-order valence-corrected chi connectivity index (χ3v) is 3.94. The molecule has 0 unspecified atom stereocenters. The molecule has 0 aliphatic heterocycles. The molecule has 130 valence electrons. The van der Waals surface area contributed by atoms with Crippen molar-refractivity contribution in [2.45, 2.75) is 13.5 Å². The second-order valence-corrected chi connectivity index (χ2v) is 5.90. The fraction of sp³-hybridized carbons (Fsp3) is 0.250. The van der Waals surface area contributed by atoms with Gasteiger partial charge in [-0.15, -0.1) is 0 Å². The van der Waals surface area contributed by atoms with E-state index < -0.39 is 0 Å². The van der Waals surface area contributed by atoms with E-state index in [2.05, 4.69) is 45.7 Å². The number of guanidine groups is 1. The number of benzene rings is 2. The van der Waals surface area contributed by atoms with Crippen molar-refractivity contribution in [3.05, 3.63) is 65.9 Å². The predicted molar refractivity (Wildman–Crippen MR) is 103 cm³/mol. The summed E-state index contributed by atoms with van der Waals surface area (Å²) in [5.41, 5.74) is 3.50. The number of hydrogen-bond acceptors (Lipinski definition) is 2. The largest absolute Gasteiger partial charge is 0.492 e. The fourth-order valence-electron chi connectivity index (χ4n) is 2.60. The second kappa shape index (κ2) is 8.24. The predicted octanol–water partition coefficient (Wildman–Crippen LogP) is 3.22. The molecular weight excluding hydrogens is 312 g/mol. The van der Waals surface area contributed by atoms with E-state index in [9.17, 15) is 0 Å². The zero-order valence-electron chi connectivity index (χ0n) is 14.7. The number of fused-ring (bicyclic) bond motifs is 1. The van der Waals surface area contributed by atoms with Crippen LogP contribution in [0.2, 0.25) is 0 Å². The molecule has 2 aromatic carbocycles. The number of nitrogens with zero attached hydrogens (tertiary/aromatic N) is 1. The van der Waals surface area contributed by atoms with Crippen LogP contribution in [0, 0.1) is 6.92 Å². The minimum atomic E-state index is 0.580. The van der Waals surface area contributed by atoms with Gasteiger partial charge in [0.05, 0.1) is 13.1 Å². The number of aromatic amines is 1. The van der Waals surface area contributed by atoms with Gasteiger partial charge in [-0.05, 0) is 36.6 Å². The van der Waals surface area contributed by atoms with Gasteiger partial charge in [0.15, 0.2) is 5.96 Å². The van der Waals surface area contributed by atoms with Crippen LogP contribution in [0.25, 0.3) is 10.9 Å². The van der Waals surface area contributed by atoms with Gasteiger partial charge in [0.25, 0.3) is 0 Å². The van der Waals surface area contributed by atoms with Crippen molar-refractivity contribution in [2.75, 3.05) is 20.2 Å². The maximum absolute atomic E-state index is 5.71. The van der Waals surface area contributed by atoms with E-state index in [0.29, 0.717) is 19.7 Å². The normalized spacial score (nSPS) is 11.5. The van der Waals surface area contributed by atoms with Crippen molar-refractivity contribution in [3.8, 4) is 5.75 Å². The average Bonchev–Trinajstić information content (AvgIpc) is 3.05. The smallest absolute Gasteiger partial charge is 0.191 e. The first-order valence-electron chi connectivity index (χ1n) is 8.45. The summed E-state index contributed by atoms with van der Waals surface area (Å²) < 4.78 is 5.71. The first-order valence-corrected chi connectivity index (χ1v) is 8.45. The highest BCUT2D eigenvalue weighted by molar-refractivity contribution is 5.81. The molecule has 1 heterocycles. The molecule has 0 radical (unpaired) electrons. The van der Waals surface area contributed by atoms with Gasteiger partial charge in [0, 0.05) is 18.3 Å². The summed E-state index contributed by atoms with van der Waals surface area (Å²) in [4.78, 5) is 7.64. The van der Waals surface area contributed by atoms with Gasteiger partial charge in [-0.1, -0.05) is 35.9 Å². The lowest BCUT2D eigenvalue weighted by Crippen LogP contribution is -2.38. The third-order valence-electron chi connectivity index (χ3n) is 3.94. The van der Waals surface area contributed by atoms with E-state index in [0.717, 1.165) is 22.9 Å². The van der Waals surface area contributed by atoms with Crippen LogP contribution < -0.4 is 15.4 Å². The van der Waals surface area contributed by atoms with Crippen LogP contribution in [0.15, 0.2) is 59.6 Å². The van der Waals surface area contributed by atoms with Crippen molar-refractivity contribution < 1.29 is 4.74 Å². The lowest BCUT2D eigenvalue weighted by atomic mass is 10.2. The first-order chi connectivity index (χ1) is 12.2. The number of aromatic nitrogens is 1. The van der Waals surface area contributed by atoms with Crippen LogP contribution in [0.3, 0.4) is 0 Å². The van der Waals surface area contributed by atoms with Gasteiger partial charge >= 0.3 is 0 Å². The van der Waals surface area contributed by atoms with Crippen LogP contribution in [-0.4, -0.2) is 31.1 Å². The molecule has 0 bridgehead atoms. The maximum Gasteiger partial charge on any atom is 0.191 e. The molecular formula is C20H24N4O. The molecule has 5 heteroatoms. The van der Waals surface area contributed by atoms with Crippen LogP contribution in [-0.2, 0) is 6.54 Å². The van der Waals surface area contributed by atoms with E-state index in [4.69, 9.17) is 4.74 Å². The monoisotopic (exact) mass is 336 g/mol. The fourth-order valence-corrected chi connectivity index (χ4v) is 2.60. The minimum Gasteiger partial charge on any atom is -0.492 e. The molecule has 0 aliphatic carbocycles. The number of para-hydroxylation sites is 1. The minimum absolute atomic E-state index is 0.580. The molecule has 0 aliphatic rings. The van der Waals surface area contributed by atoms with Crippen LogP contribution >= 0.6 is 0 Å². The molecule has 0 amide bonds. The molecule has 0 atom stereocenters. The SMILES string of the molecule is CN=C(NCCOc1ccc(C)cc1)NCc1cc2ccccc2[nH]1. The van der Waals surface area contributed by atoms with Crippen molar-refractivity contribution >= 4 is 16.9 Å². The summed E-state index contributed by atoms with van der Waals surface area (Å²) in [5, 5.41) is 7.78. The van der Waals surface area contributed by atoms with Crippen LogP contribution in [0.1, 0.15) is 11.3 Å². The van der Waals surface area contributed by atoms with E-state index in [1.54, 1.807) is 7.05 Å². The standard InChI is InChI=1S/C20H24N4O/c1-15-7-9-18(10-8-15)25-12-11-22-20(21-2)23-14-17-13-16-5-3-4-6-19(16)24-17/h3-10,13,24H,11-12,14H2,1-2H3,(H2,21,22,23). The Labute approximate surface area is 148 Å². The summed E-state index contributed by atoms with van der Waals surface area (Å²) in [7, 11) is 1.77. The molecule has 0 saturated heterocycles. The number of nitrogens with one attached hydrogen (secondary N) is 3. The Kier molecular flexibility index (Phi) is 5.57. The van der Waals surface area contributed by atoms with Crippen molar-refractivity contribution in [3.63, 3.8) is 0 Å². The molecule has 0 spiro atoms. The third kappa shape index (κ3) is 4.76. The summed E-state index contributed by atoms with van der Waals surface area (Å²) in [5.74, 6) is 1.64. The van der Waals surface area contributed by atoms with E-state index in [-0.39, 0.29) is 0 Å². The number of ether oxygens (including phenoxy) is 1. The lowest BCUT2D eigenvalue weighted by molar-refractivity contribution is 0.322. The molecule has 1 aromatic heterocycles. The Morgan fingerprint density at radius 3 is 2.64 bits per heavy atom. The Morgan fingerprint density at radius 2 is 1.88 bits per heavy atom. The van der Waals surface area contributed by atoms with Crippen LogP contribution in [0.4, 0.5) is 0 Å². The van der Waals surface area contributed by atoms with E-state index >= 15 is 0 Å². The highest BCUT2D eigenvalue weighted by Crippen LogP contribution is 2.14. The van der Waals surface area contributed by atoms with Gasteiger partial charge in [-0.25, -0.2) is 0 Å². The molecule has 3 aromatic rings. The summed E-state index contributed by atoms with van der Waals surface area (Å²) >= 11 is 0. The van der Waals surface area contributed by atoms with E-state index in [1.165, 1.54) is 10.9 Å². The average molecular weight is 336 g/mol. The number of H-pyrrole nitrogens is 1. The maximum atomic E-state index is 5.71. The summed E-state index contributed by atoms with van der Waals surface area (Å²) in [6, 6.07) is 18.5. The molecule has 0 saturated carbocycles. The lowest BCUT2D eigenvalue weighted by Gasteiger charge is -2.12. The van der Waals surface area contributed by atoms with E-state index in [1.807, 2.05) is 36.4 Å². The topological polar surface area (TPSA) is 61.4 Å². The summed E-state index contributed by atoms with van der Waals surface area (Å²) in [6.45, 7) is 4.01. The first kappa shape index (κ1) is 16.9.